The molecular weight excluding hydrogens is 442 g/mol. The molecule has 7 nitrogen and oxygen atoms in total. The summed E-state index contributed by atoms with van der Waals surface area (Å²) in [4.78, 5) is 34.1. The van der Waals surface area contributed by atoms with E-state index in [2.05, 4.69) is 4.98 Å². The quantitative estimate of drug-likeness (QED) is 0.583. The van der Waals surface area contributed by atoms with Crippen LogP contribution < -0.4 is 0 Å². The molecule has 1 saturated heterocycles. The van der Waals surface area contributed by atoms with E-state index >= 15 is 0 Å². The third-order valence-corrected chi connectivity index (χ3v) is 7.34. The number of ether oxygens (including phenoxy) is 2. The van der Waals surface area contributed by atoms with Gasteiger partial charge in [0.1, 0.15) is 6.54 Å². The Morgan fingerprint density at radius 2 is 1.82 bits per heavy atom. The van der Waals surface area contributed by atoms with Crippen molar-refractivity contribution in [1.82, 2.24) is 14.8 Å². The number of H-pyrrole nitrogens is 1. The third-order valence-electron chi connectivity index (χ3n) is 6.99. The van der Waals surface area contributed by atoms with Crippen LogP contribution in [0.25, 0.3) is 10.9 Å². The second-order valence-corrected chi connectivity index (χ2v) is 9.10. The normalized spacial score (nSPS) is 22.8. The Balaban J connectivity index is 1.70. The fourth-order valence-electron chi connectivity index (χ4n) is 5.29. The van der Waals surface area contributed by atoms with Crippen molar-refractivity contribution in [1.29, 1.82) is 0 Å². The van der Waals surface area contributed by atoms with Gasteiger partial charge in [0.2, 0.25) is 5.91 Å². The Morgan fingerprint density at radius 1 is 1.12 bits per heavy atom. The number of nitrogens with one attached hydrogen (secondary N) is 1. The lowest BCUT2D eigenvalue weighted by atomic mass is 9.76. The Kier molecular flexibility index (Phi) is 5.43. The van der Waals surface area contributed by atoms with Crippen LogP contribution in [-0.4, -0.2) is 66.7 Å². The molecule has 0 bridgehead atoms. The molecule has 2 aromatic carbocycles. The fourth-order valence-corrected chi connectivity index (χ4v) is 5.55. The molecule has 172 valence electrons. The van der Waals surface area contributed by atoms with Crippen LogP contribution in [0.3, 0.4) is 0 Å². The third kappa shape index (κ3) is 3.26. The van der Waals surface area contributed by atoms with Gasteiger partial charge in [-0.05, 0) is 30.2 Å². The molecule has 2 amide bonds. The largest absolute Gasteiger partial charge is 0.356 e. The first kappa shape index (κ1) is 21.9. The molecule has 1 N–H and O–H groups in total. The maximum absolute atomic E-state index is 13.9. The van der Waals surface area contributed by atoms with Crippen molar-refractivity contribution >= 4 is 34.3 Å². The SMILES string of the molecule is COC(CN1CC(=O)N2C[C@@H](c3ccccc3Cl)c3c([nH]c4ccccc34)[C@@]2(C)C1=O)OC. The molecule has 2 aliphatic heterocycles. The second kappa shape index (κ2) is 8.17. The lowest BCUT2D eigenvalue weighted by Crippen LogP contribution is -2.68. The molecule has 1 aromatic heterocycles. The fraction of sp³-hybridized carbons (Fsp3) is 0.360. The van der Waals surface area contributed by atoms with Gasteiger partial charge in [0, 0.05) is 42.6 Å². The van der Waals surface area contributed by atoms with Crippen molar-refractivity contribution in [2.24, 2.45) is 0 Å². The number of aromatic nitrogens is 1. The summed E-state index contributed by atoms with van der Waals surface area (Å²) in [5.74, 6) is -0.442. The number of nitrogens with zero attached hydrogens (tertiary/aromatic N) is 2. The predicted octanol–water partition coefficient (Wildman–Crippen LogP) is 3.47. The number of benzene rings is 2. The first-order valence-corrected chi connectivity index (χ1v) is 11.3. The average molecular weight is 468 g/mol. The molecular formula is C25H26ClN3O4. The molecule has 33 heavy (non-hydrogen) atoms. The summed E-state index contributed by atoms with van der Waals surface area (Å²) < 4.78 is 10.6. The Morgan fingerprint density at radius 3 is 2.55 bits per heavy atom. The maximum atomic E-state index is 13.9. The maximum Gasteiger partial charge on any atom is 0.255 e. The van der Waals surface area contributed by atoms with E-state index < -0.39 is 11.8 Å². The molecule has 0 radical (unpaired) electrons. The number of carbonyl (C=O) groups excluding carboxylic acids is 2. The highest BCUT2D eigenvalue weighted by Crippen LogP contribution is 2.49. The zero-order valence-electron chi connectivity index (χ0n) is 18.8. The van der Waals surface area contributed by atoms with Crippen molar-refractivity contribution in [3.05, 3.63) is 70.4 Å². The van der Waals surface area contributed by atoms with Crippen LogP contribution in [0.15, 0.2) is 48.5 Å². The van der Waals surface area contributed by atoms with Crippen molar-refractivity contribution in [3.63, 3.8) is 0 Å². The van der Waals surface area contributed by atoms with Gasteiger partial charge in [-0.3, -0.25) is 9.59 Å². The summed E-state index contributed by atoms with van der Waals surface area (Å²) in [6.45, 7) is 2.34. The molecule has 8 heteroatoms. The van der Waals surface area contributed by atoms with Gasteiger partial charge in [-0.1, -0.05) is 48.0 Å². The number of fused-ring (bicyclic) bond motifs is 5. The van der Waals surface area contributed by atoms with Crippen LogP contribution >= 0.6 is 11.6 Å². The molecule has 2 aliphatic rings. The minimum Gasteiger partial charge on any atom is -0.356 e. The first-order valence-electron chi connectivity index (χ1n) is 10.9. The van der Waals surface area contributed by atoms with E-state index in [0.29, 0.717) is 11.6 Å². The van der Waals surface area contributed by atoms with Crippen LogP contribution in [0.2, 0.25) is 5.02 Å². The van der Waals surface area contributed by atoms with Crippen LogP contribution in [-0.2, 0) is 24.6 Å². The minimum absolute atomic E-state index is 0.0254. The van der Waals surface area contributed by atoms with E-state index in [-0.39, 0.29) is 30.8 Å². The number of carbonyl (C=O) groups is 2. The van der Waals surface area contributed by atoms with Gasteiger partial charge in [-0.2, -0.15) is 0 Å². The van der Waals surface area contributed by atoms with Crippen molar-refractivity contribution in [2.45, 2.75) is 24.7 Å². The lowest BCUT2D eigenvalue weighted by molar-refractivity contribution is -0.174. The smallest absolute Gasteiger partial charge is 0.255 e. The van der Waals surface area contributed by atoms with E-state index in [9.17, 15) is 9.59 Å². The molecule has 5 rings (SSSR count). The summed E-state index contributed by atoms with van der Waals surface area (Å²) in [5, 5.41) is 1.67. The average Bonchev–Trinajstić information content (AvgIpc) is 3.22. The number of para-hydroxylation sites is 1. The summed E-state index contributed by atoms with van der Waals surface area (Å²) in [5.41, 5.74) is 2.43. The topological polar surface area (TPSA) is 74.9 Å². The molecule has 3 aromatic rings. The molecule has 0 saturated carbocycles. The number of hydrogen-bond acceptors (Lipinski definition) is 4. The summed E-state index contributed by atoms with van der Waals surface area (Å²) in [6.07, 6.45) is -0.612. The van der Waals surface area contributed by atoms with Gasteiger partial charge in [0.05, 0.1) is 12.2 Å². The summed E-state index contributed by atoms with van der Waals surface area (Å²) in [6, 6.07) is 15.7. The zero-order chi connectivity index (χ0) is 23.3. The highest BCUT2D eigenvalue weighted by molar-refractivity contribution is 6.31. The summed E-state index contributed by atoms with van der Waals surface area (Å²) in [7, 11) is 3.03. The molecule has 0 unspecified atom stereocenters. The number of piperazine rings is 1. The van der Waals surface area contributed by atoms with E-state index in [1.54, 1.807) is 4.90 Å². The van der Waals surface area contributed by atoms with Gasteiger partial charge in [0.25, 0.3) is 5.91 Å². The number of aromatic amines is 1. The highest BCUT2D eigenvalue weighted by Gasteiger charge is 2.56. The van der Waals surface area contributed by atoms with Gasteiger partial charge in [-0.15, -0.1) is 0 Å². The molecule has 0 aliphatic carbocycles. The zero-order valence-corrected chi connectivity index (χ0v) is 19.6. The summed E-state index contributed by atoms with van der Waals surface area (Å²) >= 11 is 6.61. The second-order valence-electron chi connectivity index (χ2n) is 8.70. The Bertz CT molecular complexity index is 1240. The minimum atomic E-state index is -1.17. The van der Waals surface area contributed by atoms with E-state index in [1.165, 1.54) is 19.1 Å². The molecule has 0 spiro atoms. The van der Waals surface area contributed by atoms with E-state index in [0.717, 1.165) is 27.7 Å². The van der Waals surface area contributed by atoms with Crippen molar-refractivity contribution < 1.29 is 19.1 Å². The standard InChI is InChI=1S/C25H26ClN3O4/c1-25-23-22(16-9-5-7-11-19(16)27-23)17(15-8-4-6-10-18(15)26)12-29(25)20(30)13-28(24(25)31)14-21(32-2)33-3/h4-11,17,21,27H,12-14H2,1-3H3/t17-,25-/m0/s1. The number of amides is 2. The van der Waals surface area contributed by atoms with Gasteiger partial charge in [0.15, 0.2) is 11.8 Å². The van der Waals surface area contributed by atoms with Crippen molar-refractivity contribution in [3.8, 4) is 0 Å². The number of methoxy groups -OCH3 is 2. The molecule has 3 heterocycles. The van der Waals surface area contributed by atoms with Crippen LogP contribution in [0.4, 0.5) is 0 Å². The number of halogens is 1. The lowest BCUT2D eigenvalue weighted by Gasteiger charge is -2.51. The van der Waals surface area contributed by atoms with E-state index in [1.807, 2.05) is 55.5 Å². The van der Waals surface area contributed by atoms with E-state index in [4.69, 9.17) is 21.1 Å². The van der Waals surface area contributed by atoms with Crippen LogP contribution in [0, 0.1) is 0 Å². The van der Waals surface area contributed by atoms with Crippen molar-refractivity contribution in [2.75, 3.05) is 33.9 Å². The first-order chi connectivity index (χ1) is 15.9. The number of rotatable bonds is 5. The van der Waals surface area contributed by atoms with Gasteiger partial charge in [-0.25, -0.2) is 0 Å². The van der Waals surface area contributed by atoms with Gasteiger partial charge < -0.3 is 24.3 Å². The predicted molar refractivity (Wildman–Crippen MR) is 125 cm³/mol. The Hall–Kier alpha value is -2.87. The van der Waals surface area contributed by atoms with Crippen LogP contribution in [0.1, 0.15) is 29.7 Å². The Labute approximate surface area is 197 Å². The molecule has 2 atom stereocenters. The van der Waals surface area contributed by atoms with Gasteiger partial charge >= 0.3 is 0 Å². The highest BCUT2D eigenvalue weighted by atomic mass is 35.5. The monoisotopic (exact) mass is 467 g/mol. The number of hydrogen-bond donors (Lipinski definition) is 1. The van der Waals surface area contributed by atoms with Crippen LogP contribution in [0.5, 0.6) is 0 Å². The molecule has 1 fully saturated rings.